The predicted molar refractivity (Wildman–Crippen MR) is 97.1 cm³/mol. The third-order valence-corrected chi connectivity index (χ3v) is 4.95. The summed E-state index contributed by atoms with van der Waals surface area (Å²) in [6, 6.07) is 15.5. The molecular weight excluding hydrogens is 334 g/mol. The van der Waals surface area contributed by atoms with Crippen LogP contribution in [-0.4, -0.2) is 28.9 Å². The lowest BCUT2D eigenvalue weighted by atomic mass is 9.90. The molecule has 0 aliphatic carbocycles. The van der Waals surface area contributed by atoms with Crippen LogP contribution in [0.3, 0.4) is 0 Å². The number of nitrogens with zero attached hydrogens (tertiary/aromatic N) is 3. The number of rotatable bonds is 4. The number of carbonyl (C=O) groups excluding carboxylic acids is 1. The molecule has 0 N–H and O–H groups in total. The van der Waals surface area contributed by atoms with Gasteiger partial charge in [-0.15, -0.1) is 0 Å². The highest BCUT2D eigenvalue weighted by molar-refractivity contribution is 6.30. The first-order chi connectivity index (χ1) is 12.2. The van der Waals surface area contributed by atoms with Crippen molar-refractivity contribution in [2.24, 2.45) is 5.92 Å². The summed E-state index contributed by atoms with van der Waals surface area (Å²) < 4.78 is 0. The topological polar surface area (TPSA) is 57.0 Å². The van der Waals surface area contributed by atoms with E-state index in [1.807, 2.05) is 47.4 Å². The fourth-order valence-corrected chi connectivity index (χ4v) is 3.35. The Kier molecular flexibility index (Phi) is 5.67. The molecule has 1 aliphatic rings. The minimum Gasteiger partial charge on any atom is -0.342 e. The second-order valence-electron chi connectivity index (χ2n) is 6.36. The van der Waals surface area contributed by atoms with Crippen molar-refractivity contribution in [1.82, 2.24) is 9.88 Å². The number of hydrogen-bond acceptors (Lipinski definition) is 3. The van der Waals surface area contributed by atoms with Crippen LogP contribution in [0.1, 0.15) is 30.0 Å². The summed E-state index contributed by atoms with van der Waals surface area (Å²) in [6.45, 7) is 1.28. The molecule has 1 aromatic heterocycles. The molecule has 0 spiro atoms. The van der Waals surface area contributed by atoms with Gasteiger partial charge in [0.05, 0.1) is 12.0 Å². The lowest BCUT2D eigenvalue weighted by Crippen LogP contribution is -2.41. The Morgan fingerprint density at radius 3 is 2.56 bits per heavy atom. The maximum Gasteiger partial charge on any atom is 0.230 e. The Bertz CT molecular complexity index is 747. The number of piperidine rings is 1. The highest BCUT2D eigenvalue weighted by Gasteiger charge is 2.29. The van der Waals surface area contributed by atoms with Gasteiger partial charge < -0.3 is 4.90 Å². The first kappa shape index (κ1) is 17.4. The fraction of sp³-hybridized carbons (Fsp3) is 0.350. The van der Waals surface area contributed by atoms with Crippen LogP contribution in [0.5, 0.6) is 0 Å². The molecule has 0 bridgehead atoms. The fourth-order valence-electron chi connectivity index (χ4n) is 3.22. The third kappa shape index (κ3) is 4.37. The largest absolute Gasteiger partial charge is 0.342 e. The van der Waals surface area contributed by atoms with E-state index in [-0.39, 0.29) is 17.7 Å². The smallest absolute Gasteiger partial charge is 0.230 e. The van der Waals surface area contributed by atoms with E-state index in [9.17, 15) is 4.79 Å². The standard InChI is InChI=1S/C20H20ClN3O/c21-17-6-4-16(5-7-17)19(13-18-3-1-2-10-23-18)20(25)24-11-8-15(14-22)9-12-24/h1-7,10,15,19H,8-9,11-13H2. The van der Waals surface area contributed by atoms with E-state index in [4.69, 9.17) is 16.9 Å². The van der Waals surface area contributed by atoms with Crippen molar-refractivity contribution in [1.29, 1.82) is 5.26 Å². The van der Waals surface area contributed by atoms with Crippen LogP contribution in [0, 0.1) is 17.2 Å². The Hall–Kier alpha value is -2.38. The molecule has 0 radical (unpaired) electrons. The van der Waals surface area contributed by atoms with E-state index in [2.05, 4.69) is 11.1 Å². The average Bonchev–Trinajstić information content (AvgIpc) is 2.67. The number of pyridine rings is 1. The van der Waals surface area contributed by atoms with Gasteiger partial charge in [-0.05, 0) is 42.7 Å². The Labute approximate surface area is 153 Å². The lowest BCUT2D eigenvalue weighted by Gasteiger charge is -2.32. The minimum absolute atomic E-state index is 0.0637. The maximum absolute atomic E-state index is 13.2. The van der Waals surface area contributed by atoms with Crippen molar-refractivity contribution in [2.75, 3.05) is 13.1 Å². The molecule has 4 nitrogen and oxygen atoms in total. The first-order valence-corrected chi connectivity index (χ1v) is 8.89. The highest BCUT2D eigenvalue weighted by atomic mass is 35.5. The first-order valence-electron chi connectivity index (χ1n) is 8.51. The van der Waals surface area contributed by atoms with Gasteiger partial charge in [-0.3, -0.25) is 9.78 Å². The van der Waals surface area contributed by atoms with Crippen LogP contribution in [0.2, 0.25) is 5.02 Å². The van der Waals surface area contributed by atoms with E-state index < -0.39 is 0 Å². The van der Waals surface area contributed by atoms with Crippen molar-refractivity contribution in [3.05, 3.63) is 64.9 Å². The van der Waals surface area contributed by atoms with E-state index in [1.165, 1.54) is 0 Å². The monoisotopic (exact) mass is 353 g/mol. The summed E-state index contributed by atoms with van der Waals surface area (Å²) in [7, 11) is 0. The number of carbonyl (C=O) groups is 1. The highest BCUT2D eigenvalue weighted by Crippen LogP contribution is 2.27. The molecule has 1 atom stereocenters. The molecule has 2 heterocycles. The Morgan fingerprint density at radius 2 is 1.96 bits per heavy atom. The van der Waals surface area contributed by atoms with Crippen LogP contribution in [0.15, 0.2) is 48.7 Å². The molecule has 5 heteroatoms. The van der Waals surface area contributed by atoms with E-state index >= 15 is 0 Å². The second-order valence-corrected chi connectivity index (χ2v) is 6.79. The van der Waals surface area contributed by atoms with Gasteiger partial charge in [0.2, 0.25) is 5.91 Å². The predicted octanol–water partition coefficient (Wildman–Crippen LogP) is 3.82. The van der Waals surface area contributed by atoms with Crippen LogP contribution in [-0.2, 0) is 11.2 Å². The zero-order valence-corrected chi connectivity index (χ0v) is 14.7. The molecule has 1 fully saturated rings. The Balaban J connectivity index is 1.82. The number of aromatic nitrogens is 1. The van der Waals surface area contributed by atoms with Crippen molar-refractivity contribution in [3.63, 3.8) is 0 Å². The number of amides is 1. The molecule has 1 aromatic carbocycles. The number of halogens is 1. The van der Waals surface area contributed by atoms with Crippen molar-refractivity contribution in [3.8, 4) is 6.07 Å². The van der Waals surface area contributed by atoms with Gasteiger partial charge in [-0.1, -0.05) is 29.8 Å². The SMILES string of the molecule is N#CC1CCN(C(=O)C(Cc2ccccn2)c2ccc(Cl)cc2)CC1. The third-order valence-electron chi connectivity index (χ3n) is 4.70. The normalized spacial score (nSPS) is 16.2. The summed E-state index contributed by atoms with van der Waals surface area (Å²) in [5.74, 6) is -0.121. The number of benzene rings is 1. The minimum atomic E-state index is -0.286. The van der Waals surface area contributed by atoms with Gasteiger partial charge in [-0.25, -0.2) is 0 Å². The molecule has 3 rings (SSSR count). The molecule has 128 valence electrons. The summed E-state index contributed by atoms with van der Waals surface area (Å²) in [5, 5.41) is 9.70. The van der Waals surface area contributed by atoms with Crippen LogP contribution < -0.4 is 0 Å². The molecule has 25 heavy (non-hydrogen) atoms. The number of likely N-dealkylation sites (tertiary alicyclic amines) is 1. The average molecular weight is 354 g/mol. The zero-order valence-electron chi connectivity index (χ0n) is 13.9. The van der Waals surface area contributed by atoms with Crippen LogP contribution >= 0.6 is 11.6 Å². The summed E-state index contributed by atoms with van der Waals surface area (Å²) in [4.78, 5) is 19.4. The van der Waals surface area contributed by atoms with Crippen molar-refractivity contribution in [2.45, 2.75) is 25.2 Å². The zero-order chi connectivity index (χ0) is 17.6. The van der Waals surface area contributed by atoms with Gasteiger partial charge in [0.25, 0.3) is 0 Å². The Morgan fingerprint density at radius 1 is 1.24 bits per heavy atom. The maximum atomic E-state index is 13.2. The summed E-state index contributed by atoms with van der Waals surface area (Å²) in [5.41, 5.74) is 1.84. The molecule has 1 unspecified atom stereocenters. The van der Waals surface area contributed by atoms with Gasteiger partial charge in [0.15, 0.2) is 0 Å². The second kappa shape index (κ2) is 8.13. The summed E-state index contributed by atoms with van der Waals surface area (Å²) in [6.07, 6.45) is 3.80. The molecule has 0 saturated carbocycles. The molecule has 1 saturated heterocycles. The quantitative estimate of drug-likeness (QED) is 0.839. The van der Waals surface area contributed by atoms with Crippen LogP contribution in [0.4, 0.5) is 0 Å². The molecule has 1 amide bonds. The summed E-state index contributed by atoms with van der Waals surface area (Å²) >= 11 is 6.00. The number of nitriles is 1. The van der Waals surface area contributed by atoms with E-state index in [0.29, 0.717) is 24.5 Å². The number of hydrogen-bond donors (Lipinski definition) is 0. The van der Waals surface area contributed by atoms with Crippen LogP contribution in [0.25, 0.3) is 0 Å². The van der Waals surface area contributed by atoms with Gasteiger partial charge in [0, 0.05) is 42.3 Å². The van der Waals surface area contributed by atoms with E-state index in [0.717, 1.165) is 24.1 Å². The van der Waals surface area contributed by atoms with Gasteiger partial charge in [0.1, 0.15) is 0 Å². The van der Waals surface area contributed by atoms with Crippen molar-refractivity contribution >= 4 is 17.5 Å². The lowest BCUT2D eigenvalue weighted by molar-refractivity contribution is -0.134. The van der Waals surface area contributed by atoms with Gasteiger partial charge in [-0.2, -0.15) is 5.26 Å². The van der Waals surface area contributed by atoms with E-state index in [1.54, 1.807) is 6.20 Å². The van der Waals surface area contributed by atoms with Crippen molar-refractivity contribution < 1.29 is 4.79 Å². The molecule has 2 aromatic rings. The molecular formula is C20H20ClN3O. The van der Waals surface area contributed by atoms with Gasteiger partial charge >= 0.3 is 0 Å². The molecule has 1 aliphatic heterocycles.